The summed E-state index contributed by atoms with van der Waals surface area (Å²) in [5, 5.41) is 10.6. The topological polar surface area (TPSA) is 102 Å². The van der Waals surface area contributed by atoms with E-state index < -0.39 is 5.63 Å². The van der Waals surface area contributed by atoms with Crippen LogP contribution < -0.4 is 17.1 Å². The Morgan fingerprint density at radius 2 is 2.08 bits per heavy atom. The predicted octanol–water partition coefficient (Wildman–Crippen LogP) is 3.31. The van der Waals surface area contributed by atoms with Crippen LogP contribution in [0.25, 0.3) is 0 Å². The van der Waals surface area contributed by atoms with E-state index in [2.05, 4.69) is 0 Å². The molecule has 1 aliphatic rings. The highest BCUT2D eigenvalue weighted by atomic mass is 16.4. The molecule has 1 aromatic heterocycles. The largest absolute Gasteiger partial charge is 0.507 e. The molecule has 0 saturated heterocycles. The van der Waals surface area contributed by atoms with Gasteiger partial charge in [0.25, 0.3) is 0 Å². The molecular formula is C20H26N2O3. The maximum Gasteiger partial charge on any atom is 0.343 e. The Morgan fingerprint density at radius 1 is 1.32 bits per heavy atom. The normalized spacial score (nSPS) is 16.6. The first kappa shape index (κ1) is 17.5. The molecule has 0 spiro atoms. The maximum atomic E-state index is 12.7. The number of hydrogen-bond donors (Lipinski definition) is 3. The molecule has 2 aromatic rings. The summed E-state index contributed by atoms with van der Waals surface area (Å²) in [6.07, 6.45) is 3.59. The van der Waals surface area contributed by atoms with Crippen molar-refractivity contribution in [2.45, 2.75) is 44.4 Å². The van der Waals surface area contributed by atoms with E-state index in [1.54, 1.807) is 6.07 Å². The lowest BCUT2D eigenvalue weighted by Gasteiger charge is -2.19. The van der Waals surface area contributed by atoms with E-state index in [0.717, 1.165) is 31.2 Å². The van der Waals surface area contributed by atoms with Gasteiger partial charge in [0.15, 0.2) is 0 Å². The first-order valence-corrected chi connectivity index (χ1v) is 8.97. The second-order valence-electron chi connectivity index (χ2n) is 6.90. The molecule has 1 fully saturated rings. The molecule has 0 bridgehead atoms. The molecule has 1 aliphatic carbocycles. The predicted molar refractivity (Wildman–Crippen MR) is 98.8 cm³/mol. The monoisotopic (exact) mass is 342 g/mol. The fraction of sp³-hybridized carbons (Fsp3) is 0.450. The van der Waals surface area contributed by atoms with Gasteiger partial charge in [-0.05, 0) is 55.8 Å². The average molecular weight is 342 g/mol. The van der Waals surface area contributed by atoms with Crippen LogP contribution in [0.3, 0.4) is 0 Å². The Balaban J connectivity index is 2.04. The molecule has 5 N–H and O–H groups in total. The fourth-order valence-corrected chi connectivity index (χ4v) is 3.60. The number of anilines is 1. The zero-order valence-corrected chi connectivity index (χ0v) is 14.6. The number of aromatic hydroxyl groups is 1. The quantitative estimate of drug-likeness (QED) is 0.670. The van der Waals surface area contributed by atoms with Gasteiger partial charge in [-0.1, -0.05) is 19.1 Å². The summed E-state index contributed by atoms with van der Waals surface area (Å²) >= 11 is 0. The van der Waals surface area contributed by atoms with Crippen LogP contribution in [0.5, 0.6) is 5.75 Å². The minimum absolute atomic E-state index is 0.0149. The van der Waals surface area contributed by atoms with Crippen molar-refractivity contribution in [2.75, 3.05) is 12.3 Å². The Hall–Kier alpha value is -2.27. The number of benzene rings is 1. The SMILES string of the molecule is CCC(CCN)c1cc(O)c(C(c2cccc(N)c2)C2CC2)c(=O)o1. The van der Waals surface area contributed by atoms with Crippen molar-refractivity contribution in [3.05, 3.63) is 57.6 Å². The van der Waals surface area contributed by atoms with Gasteiger partial charge in [0.2, 0.25) is 0 Å². The van der Waals surface area contributed by atoms with E-state index in [1.807, 2.05) is 31.2 Å². The van der Waals surface area contributed by atoms with E-state index in [0.29, 0.717) is 29.5 Å². The molecular weight excluding hydrogens is 316 g/mol. The molecule has 0 amide bonds. The van der Waals surface area contributed by atoms with Gasteiger partial charge in [-0.2, -0.15) is 0 Å². The molecule has 1 aromatic carbocycles. The van der Waals surface area contributed by atoms with Crippen LogP contribution in [0.15, 0.2) is 39.5 Å². The molecule has 0 aliphatic heterocycles. The van der Waals surface area contributed by atoms with Gasteiger partial charge in [0.1, 0.15) is 11.5 Å². The summed E-state index contributed by atoms with van der Waals surface area (Å²) in [4.78, 5) is 12.7. The summed E-state index contributed by atoms with van der Waals surface area (Å²) in [6, 6.07) is 9.12. The molecule has 3 rings (SSSR count). The first-order valence-electron chi connectivity index (χ1n) is 8.97. The number of nitrogens with two attached hydrogens (primary N) is 2. The van der Waals surface area contributed by atoms with Crippen molar-refractivity contribution < 1.29 is 9.52 Å². The number of nitrogen functional groups attached to an aromatic ring is 1. The Morgan fingerprint density at radius 3 is 2.64 bits per heavy atom. The highest BCUT2D eigenvalue weighted by Gasteiger charge is 2.37. The van der Waals surface area contributed by atoms with Gasteiger partial charge in [0, 0.05) is 23.6 Å². The minimum Gasteiger partial charge on any atom is -0.507 e. The summed E-state index contributed by atoms with van der Waals surface area (Å²) in [5.41, 5.74) is 13.0. The van der Waals surface area contributed by atoms with Crippen LogP contribution in [-0.4, -0.2) is 11.7 Å². The lowest BCUT2D eigenvalue weighted by Crippen LogP contribution is -2.18. The standard InChI is InChI=1S/C20H26N2O3/c1-2-12(8-9-21)17-11-16(23)19(20(24)25-17)18(13-6-7-13)14-4-3-5-15(22)10-14/h3-5,10-13,18,23H,2,6-9,21-22H2,1H3. The molecule has 2 unspecified atom stereocenters. The molecule has 1 saturated carbocycles. The molecule has 5 nitrogen and oxygen atoms in total. The zero-order chi connectivity index (χ0) is 18.0. The smallest absolute Gasteiger partial charge is 0.343 e. The highest BCUT2D eigenvalue weighted by Crippen LogP contribution is 2.48. The fourth-order valence-electron chi connectivity index (χ4n) is 3.60. The van der Waals surface area contributed by atoms with E-state index in [1.165, 1.54) is 0 Å². The second-order valence-corrected chi connectivity index (χ2v) is 6.90. The van der Waals surface area contributed by atoms with E-state index in [-0.39, 0.29) is 17.6 Å². The van der Waals surface area contributed by atoms with Gasteiger partial charge in [0.05, 0.1) is 5.56 Å². The van der Waals surface area contributed by atoms with Crippen LogP contribution in [0.2, 0.25) is 0 Å². The molecule has 25 heavy (non-hydrogen) atoms. The zero-order valence-electron chi connectivity index (χ0n) is 14.6. The lowest BCUT2D eigenvalue weighted by molar-refractivity contribution is 0.375. The van der Waals surface area contributed by atoms with Gasteiger partial charge in [-0.25, -0.2) is 4.79 Å². The van der Waals surface area contributed by atoms with Crippen molar-refractivity contribution in [1.82, 2.24) is 0 Å². The van der Waals surface area contributed by atoms with Gasteiger partial charge < -0.3 is 21.0 Å². The van der Waals surface area contributed by atoms with Crippen LogP contribution in [0, 0.1) is 5.92 Å². The van der Waals surface area contributed by atoms with Crippen molar-refractivity contribution in [3.63, 3.8) is 0 Å². The third-order valence-corrected chi connectivity index (χ3v) is 5.07. The summed E-state index contributed by atoms with van der Waals surface area (Å²) < 4.78 is 5.60. The molecule has 2 atom stereocenters. The summed E-state index contributed by atoms with van der Waals surface area (Å²) in [7, 11) is 0. The van der Waals surface area contributed by atoms with Crippen LogP contribution >= 0.6 is 0 Å². The molecule has 0 radical (unpaired) electrons. The maximum absolute atomic E-state index is 12.7. The Kier molecular flexibility index (Phi) is 5.13. The Bertz CT molecular complexity index is 796. The lowest BCUT2D eigenvalue weighted by atomic mass is 9.87. The molecule has 5 heteroatoms. The number of hydrogen-bond acceptors (Lipinski definition) is 5. The molecule has 134 valence electrons. The third-order valence-electron chi connectivity index (χ3n) is 5.07. The average Bonchev–Trinajstić information content (AvgIpc) is 3.40. The van der Waals surface area contributed by atoms with Crippen LogP contribution in [0.4, 0.5) is 5.69 Å². The highest BCUT2D eigenvalue weighted by molar-refractivity contribution is 5.47. The Labute approximate surface area is 147 Å². The summed E-state index contributed by atoms with van der Waals surface area (Å²) in [5.74, 6) is 0.739. The van der Waals surface area contributed by atoms with Crippen molar-refractivity contribution in [1.29, 1.82) is 0 Å². The van der Waals surface area contributed by atoms with E-state index >= 15 is 0 Å². The van der Waals surface area contributed by atoms with Crippen LogP contribution in [0.1, 0.15) is 61.3 Å². The third kappa shape index (κ3) is 3.71. The van der Waals surface area contributed by atoms with Gasteiger partial charge in [-0.15, -0.1) is 0 Å². The molecule has 1 heterocycles. The van der Waals surface area contributed by atoms with Gasteiger partial charge in [-0.3, -0.25) is 0 Å². The van der Waals surface area contributed by atoms with E-state index in [4.69, 9.17) is 15.9 Å². The number of rotatable bonds is 7. The second kappa shape index (κ2) is 7.31. The van der Waals surface area contributed by atoms with Gasteiger partial charge >= 0.3 is 5.63 Å². The van der Waals surface area contributed by atoms with Crippen LogP contribution in [-0.2, 0) is 0 Å². The first-order chi connectivity index (χ1) is 12.0. The van der Waals surface area contributed by atoms with Crippen molar-refractivity contribution in [2.24, 2.45) is 11.7 Å². The van der Waals surface area contributed by atoms with E-state index in [9.17, 15) is 9.90 Å². The summed E-state index contributed by atoms with van der Waals surface area (Å²) in [6.45, 7) is 2.53. The van der Waals surface area contributed by atoms with Crippen molar-refractivity contribution >= 4 is 5.69 Å². The minimum atomic E-state index is -0.454. The van der Waals surface area contributed by atoms with Crippen molar-refractivity contribution in [3.8, 4) is 5.75 Å².